The number of nitrogens with zero attached hydrogens (tertiary/aromatic N) is 1. The van der Waals surface area contributed by atoms with Gasteiger partial charge in [-0.15, -0.1) is 0 Å². The summed E-state index contributed by atoms with van der Waals surface area (Å²) in [5.41, 5.74) is 4.66. The van der Waals surface area contributed by atoms with Gasteiger partial charge in [-0.3, -0.25) is 5.43 Å². The Labute approximate surface area is 41.0 Å². The fourth-order valence-electron chi connectivity index (χ4n) is 0.288. The van der Waals surface area contributed by atoms with Crippen molar-refractivity contribution in [2.75, 3.05) is 0 Å². The third-order valence-corrected chi connectivity index (χ3v) is 1.31. The van der Waals surface area contributed by atoms with E-state index in [2.05, 4.69) is 17.5 Å². The first-order valence-electron chi connectivity index (χ1n) is 1.82. The molecule has 1 heterocycles. The van der Waals surface area contributed by atoms with Gasteiger partial charge in [0.25, 0.3) is 0 Å². The Balaban J connectivity index is 2.32. The van der Waals surface area contributed by atoms with E-state index in [-0.39, 0.29) is 0 Å². The highest BCUT2D eigenvalue weighted by molar-refractivity contribution is 8.12. The number of hydrogen-bond acceptors (Lipinski definition) is 3. The van der Waals surface area contributed by atoms with Crippen LogP contribution in [0.5, 0.6) is 0 Å². The van der Waals surface area contributed by atoms with Crippen molar-refractivity contribution in [2.24, 2.45) is 5.10 Å². The van der Waals surface area contributed by atoms with E-state index in [9.17, 15) is 0 Å². The largest absolute Gasteiger partial charge is 0.296 e. The molecule has 1 aliphatic heterocycles. The van der Waals surface area contributed by atoms with Crippen LogP contribution >= 0.6 is 11.8 Å². The lowest BCUT2D eigenvalue weighted by Crippen LogP contribution is -2.09. The lowest BCUT2D eigenvalue weighted by atomic mass is 10.8. The lowest BCUT2D eigenvalue weighted by molar-refractivity contribution is 0.756. The van der Waals surface area contributed by atoms with Crippen LogP contribution in [0.4, 0.5) is 0 Å². The molecule has 0 aromatic carbocycles. The maximum Gasteiger partial charge on any atom is 0.0919 e. The number of rotatable bonds is 0. The smallest absolute Gasteiger partial charge is 0.0919 e. The second-order valence-electron chi connectivity index (χ2n) is 1.14. The van der Waals surface area contributed by atoms with E-state index >= 15 is 0 Å². The minimum atomic E-state index is 0.491. The molecular weight excluding hydrogens is 96.1 g/mol. The average molecular weight is 102 g/mol. The lowest BCUT2D eigenvalue weighted by Gasteiger charge is -1.93. The molecule has 3 heteroatoms. The van der Waals surface area contributed by atoms with Crippen molar-refractivity contribution in [1.29, 1.82) is 0 Å². The molecule has 0 aliphatic carbocycles. The molecule has 34 valence electrons. The Bertz CT molecular complexity index is 63.2. The topological polar surface area (TPSA) is 24.4 Å². The van der Waals surface area contributed by atoms with Crippen LogP contribution in [0.1, 0.15) is 6.92 Å². The van der Waals surface area contributed by atoms with Crippen molar-refractivity contribution in [1.82, 2.24) is 5.43 Å². The summed E-state index contributed by atoms with van der Waals surface area (Å²) in [7, 11) is 0. The second kappa shape index (κ2) is 1.51. The van der Waals surface area contributed by atoms with Crippen LogP contribution < -0.4 is 5.43 Å². The summed E-state index contributed by atoms with van der Waals surface area (Å²) in [6.07, 6.45) is 0. The molecule has 0 aromatic heterocycles. The Kier molecular flexibility index (Phi) is 1.01. The zero-order chi connectivity index (χ0) is 4.41. The van der Waals surface area contributed by atoms with Gasteiger partial charge in [0.15, 0.2) is 0 Å². The zero-order valence-electron chi connectivity index (χ0n) is 3.51. The Hall–Kier alpha value is -0.180. The fourth-order valence-corrected chi connectivity index (χ4v) is 0.714. The molecule has 1 unspecified atom stereocenters. The fraction of sp³-hybridized carbons (Fsp3) is 0.667. The number of hydrazone groups is 1. The normalized spacial score (nSPS) is 30.5. The van der Waals surface area contributed by atoms with Gasteiger partial charge in [-0.1, -0.05) is 11.8 Å². The van der Waals surface area contributed by atoms with Crippen molar-refractivity contribution in [3.05, 3.63) is 0 Å². The van der Waals surface area contributed by atoms with Crippen LogP contribution in [0.25, 0.3) is 0 Å². The molecule has 0 aromatic rings. The summed E-state index contributed by atoms with van der Waals surface area (Å²) < 4.78 is 0. The van der Waals surface area contributed by atoms with Crippen LogP contribution in [0.3, 0.4) is 0 Å². The summed E-state index contributed by atoms with van der Waals surface area (Å²) >= 11 is 1.69. The predicted molar refractivity (Wildman–Crippen MR) is 28.7 cm³/mol. The molecule has 0 saturated carbocycles. The van der Waals surface area contributed by atoms with Crippen molar-refractivity contribution < 1.29 is 0 Å². The number of hydrogen-bond donors (Lipinski definition) is 1. The summed E-state index contributed by atoms with van der Waals surface area (Å²) in [6, 6.07) is 0. The maximum absolute atomic E-state index is 3.75. The monoisotopic (exact) mass is 102 g/mol. The Morgan fingerprint density at radius 1 is 2.00 bits per heavy atom. The number of thioether (sulfide) groups is 1. The Morgan fingerprint density at radius 3 is 3.00 bits per heavy atom. The minimum absolute atomic E-state index is 0.491. The van der Waals surface area contributed by atoms with Gasteiger partial charge in [-0.25, -0.2) is 0 Å². The van der Waals surface area contributed by atoms with Crippen LogP contribution in [0.15, 0.2) is 5.10 Å². The highest BCUT2D eigenvalue weighted by Gasteiger charge is 2.00. The van der Waals surface area contributed by atoms with E-state index in [1.165, 1.54) is 0 Å². The summed E-state index contributed by atoms with van der Waals surface area (Å²) in [6.45, 7) is 2.07. The molecule has 1 N–H and O–H groups in total. The molecule has 0 amide bonds. The molecule has 0 fully saturated rings. The third kappa shape index (κ3) is 0.653. The summed E-state index contributed by atoms with van der Waals surface area (Å²) in [5.74, 6) is 0. The van der Waals surface area contributed by atoms with Crippen LogP contribution in [0, 0.1) is 0 Å². The van der Waals surface area contributed by atoms with Gasteiger partial charge < -0.3 is 0 Å². The highest BCUT2D eigenvalue weighted by Crippen LogP contribution is 2.06. The van der Waals surface area contributed by atoms with Crippen LogP contribution in [0.2, 0.25) is 0 Å². The van der Waals surface area contributed by atoms with Gasteiger partial charge in [-0.2, -0.15) is 5.10 Å². The van der Waals surface area contributed by atoms with Crippen molar-refractivity contribution >= 4 is 17.3 Å². The van der Waals surface area contributed by atoms with E-state index in [0.29, 0.717) is 5.37 Å². The van der Waals surface area contributed by atoms with Crippen LogP contribution in [-0.2, 0) is 0 Å². The van der Waals surface area contributed by atoms with Crippen molar-refractivity contribution in [3.8, 4) is 0 Å². The molecule has 0 spiro atoms. The predicted octanol–water partition coefficient (Wildman–Crippen LogP) is 0.612. The van der Waals surface area contributed by atoms with Gasteiger partial charge in [0.2, 0.25) is 0 Å². The molecule has 0 radical (unpaired) electrons. The first-order valence-corrected chi connectivity index (χ1v) is 2.76. The summed E-state index contributed by atoms with van der Waals surface area (Å²) in [4.78, 5) is 0. The molecule has 1 aliphatic rings. The third-order valence-electron chi connectivity index (χ3n) is 0.574. The molecule has 0 saturated heterocycles. The molecule has 1 atom stereocenters. The van der Waals surface area contributed by atoms with Gasteiger partial charge in [0.1, 0.15) is 0 Å². The Morgan fingerprint density at radius 2 is 2.83 bits per heavy atom. The van der Waals surface area contributed by atoms with Crippen LogP contribution in [-0.4, -0.2) is 10.9 Å². The minimum Gasteiger partial charge on any atom is -0.296 e. The average Bonchev–Trinajstić information content (AvgIpc) is 1.86. The van der Waals surface area contributed by atoms with E-state index in [1.807, 2.05) is 5.55 Å². The van der Waals surface area contributed by atoms with Crippen molar-refractivity contribution in [2.45, 2.75) is 12.3 Å². The maximum atomic E-state index is 3.75. The molecule has 6 heavy (non-hydrogen) atoms. The van der Waals surface area contributed by atoms with Gasteiger partial charge in [0, 0.05) is 0 Å². The van der Waals surface area contributed by atoms with Gasteiger partial charge in [-0.05, 0) is 6.92 Å². The first kappa shape index (κ1) is 3.99. The zero-order valence-corrected chi connectivity index (χ0v) is 4.33. The van der Waals surface area contributed by atoms with E-state index in [1.54, 1.807) is 11.8 Å². The van der Waals surface area contributed by atoms with E-state index < -0.39 is 0 Å². The molecule has 1 rings (SSSR count). The summed E-state index contributed by atoms with van der Waals surface area (Å²) in [5, 5.41) is 4.24. The van der Waals surface area contributed by atoms with Gasteiger partial charge >= 0.3 is 0 Å². The molecule has 2 nitrogen and oxygen atoms in total. The molecular formula is C3H6N2S. The second-order valence-corrected chi connectivity index (χ2v) is 2.33. The first-order chi connectivity index (χ1) is 2.89. The van der Waals surface area contributed by atoms with Crippen molar-refractivity contribution in [3.63, 3.8) is 0 Å². The molecule has 0 bridgehead atoms. The van der Waals surface area contributed by atoms with E-state index in [0.717, 1.165) is 0 Å². The standard InChI is InChI=1S/C3H6N2S/c1-3-5-4-2-6-3/h2-3,5H,1H3. The number of nitrogens with one attached hydrogen (secondary N) is 1. The van der Waals surface area contributed by atoms with E-state index in [4.69, 9.17) is 0 Å². The highest BCUT2D eigenvalue weighted by atomic mass is 32.2. The van der Waals surface area contributed by atoms with Gasteiger partial charge in [0.05, 0.1) is 10.9 Å². The SMILES string of the molecule is CC1NN=CS1. The quantitative estimate of drug-likeness (QED) is 0.484.